The Morgan fingerprint density at radius 2 is 1.81 bits per heavy atom. The number of primary sulfonamides is 1. The Morgan fingerprint density at radius 1 is 1.14 bits per heavy atom. The van der Waals surface area contributed by atoms with Crippen molar-refractivity contribution in [2.24, 2.45) is 11.1 Å². The van der Waals surface area contributed by atoms with Crippen LogP contribution in [0.3, 0.4) is 0 Å². The molecule has 36 heavy (non-hydrogen) atoms. The monoisotopic (exact) mass is 513 g/mol. The van der Waals surface area contributed by atoms with E-state index >= 15 is 0 Å². The fourth-order valence-corrected chi connectivity index (χ4v) is 6.30. The average Bonchev–Trinajstić information content (AvgIpc) is 3.34. The molecule has 1 fully saturated rings. The summed E-state index contributed by atoms with van der Waals surface area (Å²) in [6, 6.07) is 7.76. The Hall–Kier alpha value is -2.65. The highest BCUT2D eigenvalue weighted by Crippen LogP contribution is 2.38. The molecule has 2 aromatic heterocycles. The second-order valence-corrected chi connectivity index (χ2v) is 13.0. The summed E-state index contributed by atoms with van der Waals surface area (Å²) >= 11 is 0. The van der Waals surface area contributed by atoms with Gasteiger partial charge in [0.15, 0.2) is 5.82 Å². The van der Waals surface area contributed by atoms with Crippen molar-refractivity contribution in [3.8, 4) is 22.6 Å². The fraction of sp³-hybridized carbons (Fsp3) is 0.556. The first-order chi connectivity index (χ1) is 16.8. The molecule has 0 bridgehead atoms. The third-order valence-electron chi connectivity index (χ3n) is 7.38. The quantitative estimate of drug-likeness (QED) is 0.476. The van der Waals surface area contributed by atoms with Crippen molar-refractivity contribution in [1.82, 2.24) is 19.3 Å². The van der Waals surface area contributed by atoms with Crippen LogP contribution >= 0.6 is 0 Å². The van der Waals surface area contributed by atoms with E-state index in [1.54, 1.807) is 10.6 Å². The van der Waals surface area contributed by atoms with Crippen LogP contribution < -0.4 is 10.8 Å². The molecule has 0 unspecified atom stereocenters. The zero-order valence-electron chi connectivity index (χ0n) is 22.3. The SMILES string of the molecule is Cc1c(S(N)(=O)=O)cc(-c2ccc(-c3n[nH]c(=O)n3C(C)C)c(C(C)(C)C)c2)n1CC1CCCCC1. The van der Waals surface area contributed by atoms with E-state index in [2.05, 4.69) is 41.6 Å². The Morgan fingerprint density at radius 3 is 2.39 bits per heavy atom. The van der Waals surface area contributed by atoms with Gasteiger partial charge in [-0.05, 0) is 68.2 Å². The largest absolute Gasteiger partial charge is 0.343 e. The van der Waals surface area contributed by atoms with E-state index in [1.165, 1.54) is 19.3 Å². The van der Waals surface area contributed by atoms with Gasteiger partial charge < -0.3 is 4.57 Å². The minimum absolute atomic E-state index is 0.0496. The minimum atomic E-state index is -3.86. The van der Waals surface area contributed by atoms with Crippen LogP contribution in [0.2, 0.25) is 0 Å². The molecule has 9 heteroatoms. The number of rotatable bonds is 6. The lowest BCUT2D eigenvalue weighted by molar-refractivity contribution is 0.318. The zero-order chi connectivity index (χ0) is 26.4. The van der Waals surface area contributed by atoms with Crippen LogP contribution in [-0.4, -0.2) is 27.7 Å². The van der Waals surface area contributed by atoms with E-state index in [-0.39, 0.29) is 22.0 Å². The molecule has 1 aliphatic carbocycles. The number of nitrogens with one attached hydrogen (secondary N) is 1. The number of hydrogen-bond donors (Lipinski definition) is 2. The molecule has 1 aromatic carbocycles. The molecule has 0 radical (unpaired) electrons. The molecule has 4 rings (SSSR count). The third-order valence-corrected chi connectivity index (χ3v) is 8.40. The Balaban J connectivity index is 1.91. The van der Waals surface area contributed by atoms with Gasteiger partial charge in [-0.3, -0.25) is 4.57 Å². The van der Waals surface area contributed by atoms with E-state index in [0.717, 1.165) is 41.8 Å². The van der Waals surface area contributed by atoms with Gasteiger partial charge in [-0.25, -0.2) is 23.4 Å². The summed E-state index contributed by atoms with van der Waals surface area (Å²) < 4.78 is 28.7. The van der Waals surface area contributed by atoms with Gasteiger partial charge in [-0.1, -0.05) is 52.2 Å². The van der Waals surface area contributed by atoms with Crippen molar-refractivity contribution in [3.63, 3.8) is 0 Å². The number of nitrogens with zero attached hydrogens (tertiary/aromatic N) is 3. The minimum Gasteiger partial charge on any atom is -0.343 e. The van der Waals surface area contributed by atoms with E-state index < -0.39 is 10.0 Å². The first-order valence-electron chi connectivity index (χ1n) is 12.8. The van der Waals surface area contributed by atoms with Crippen LogP contribution in [0.25, 0.3) is 22.6 Å². The summed E-state index contributed by atoms with van der Waals surface area (Å²) in [5.41, 5.74) is 3.88. The molecule has 2 heterocycles. The van der Waals surface area contributed by atoms with Gasteiger partial charge in [-0.2, -0.15) is 5.10 Å². The first-order valence-corrected chi connectivity index (χ1v) is 14.4. The molecule has 3 aromatic rings. The summed E-state index contributed by atoms with van der Waals surface area (Å²) in [6.07, 6.45) is 6.00. The predicted molar refractivity (Wildman–Crippen MR) is 143 cm³/mol. The number of aromatic amines is 1. The topological polar surface area (TPSA) is 116 Å². The van der Waals surface area contributed by atoms with Gasteiger partial charge in [-0.15, -0.1) is 0 Å². The maximum atomic E-state index is 12.4. The molecular weight excluding hydrogens is 474 g/mol. The molecule has 0 amide bonds. The van der Waals surface area contributed by atoms with Crippen molar-refractivity contribution < 1.29 is 8.42 Å². The Kier molecular flexibility index (Phi) is 7.09. The number of aromatic nitrogens is 4. The smallest absolute Gasteiger partial charge is 0.343 e. The number of benzene rings is 1. The molecule has 0 atom stereocenters. The number of H-pyrrole nitrogens is 1. The van der Waals surface area contributed by atoms with Crippen LogP contribution in [0.4, 0.5) is 0 Å². The summed E-state index contributed by atoms with van der Waals surface area (Å²) in [5.74, 6) is 1.12. The van der Waals surface area contributed by atoms with Crippen molar-refractivity contribution in [2.75, 3.05) is 0 Å². The third kappa shape index (κ3) is 5.09. The van der Waals surface area contributed by atoms with E-state index in [9.17, 15) is 13.2 Å². The highest BCUT2D eigenvalue weighted by molar-refractivity contribution is 7.89. The van der Waals surface area contributed by atoms with E-state index in [1.807, 2.05) is 32.9 Å². The van der Waals surface area contributed by atoms with Crippen LogP contribution in [0.1, 0.15) is 84.0 Å². The standard InChI is InChI=1S/C27H39N5O3S/c1-17(2)32-25(29-30-26(32)33)21-13-12-20(14-22(21)27(4,5)6)23-15-24(36(28,34)35)18(3)31(23)16-19-10-8-7-9-11-19/h12-15,17,19H,7-11,16H2,1-6H3,(H,30,33)(H2,28,34,35). The molecule has 196 valence electrons. The van der Waals surface area contributed by atoms with Crippen LogP contribution in [-0.2, 0) is 22.0 Å². The molecule has 0 spiro atoms. The summed E-state index contributed by atoms with van der Waals surface area (Å²) in [5, 5.41) is 12.6. The lowest BCUT2D eigenvalue weighted by atomic mass is 9.82. The maximum Gasteiger partial charge on any atom is 0.343 e. The Labute approximate surface area is 214 Å². The van der Waals surface area contributed by atoms with Crippen molar-refractivity contribution in [1.29, 1.82) is 0 Å². The molecule has 8 nitrogen and oxygen atoms in total. The molecule has 3 N–H and O–H groups in total. The van der Waals surface area contributed by atoms with Crippen LogP contribution in [0.15, 0.2) is 34.0 Å². The van der Waals surface area contributed by atoms with Crippen LogP contribution in [0.5, 0.6) is 0 Å². The Bertz CT molecular complexity index is 1410. The second-order valence-electron chi connectivity index (χ2n) is 11.5. The van der Waals surface area contributed by atoms with Crippen molar-refractivity contribution in [3.05, 3.63) is 46.0 Å². The van der Waals surface area contributed by atoms with Gasteiger partial charge >= 0.3 is 5.69 Å². The number of nitrogens with two attached hydrogens (primary N) is 1. The molecule has 0 saturated heterocycles. The maximum absolute atomic E-state index is 12.4. The lowest BCUT2D eigenvalue weighted by Gasteiger charge is -2.26. The van der Waals surface area contributed by atoms with Crippen molar-refractivity contribution >= 4 is 10.0 Å². The molecule has 1 saturated carbocycles. The first kappa shape index (κ1) is 26.4. The summed E-state index contributed by atoms with van der Waals surface area (Å²) in [7, 11) is -3.86. The van der Waals surface area contributed by atoms with Crippen LogP contribution in [0, 0.1) is 12.8 Å². The summed E-state index contributed by atoms with van der Waals surface area (Å²) in [4.78, 5) is 12.6. The average molecular weight is 514 g/mol. The van der Waals surface area contributed by atoms with Gasteiger partial charge in [0, 0.05) is 29.5 Å². The summed E-state index contributed by atoms with van der Waals surface area (Å²) in [6.45, 7) is 12.9. The van der Waals surface area contributed by atoms with Gasteiger partial charge in [0.25, 0.3) is 0 Å². The highest BCUT2D eigenvalue weighted by Gasteiger charge is 2.27. The normalized spacial score (nSPS) is 15.7. The number of sulfonamides is 1. The lowest BCUT2D eigenvalue weighted by Crippen LogP contribution is -2.21. The van der Waals surface area contributed by atoms with Gasteiger partial charge in [0.1, 0.15) is 4.90 Å². The van der Waals surface area contributed by atoms with E-state index in [0.29, 0.717) is 17.4 Å². The zero-order valence-corrected chi connectivity index (χ0v) is 23.1. The van der Waals surface area contributed by atoms with Crippen molar-refractivity contribution in [2.45, 2.75) is 96.5 Å². The highest BCUT2D eigenvalue weighted by atomic mass is 32.2. The predicted octanol–water partition coefficient (Wildman–Crippen LogP) is 5.12. The van der Waals surface area contributed by atoms with Gasteiger partial charge in [0.05, 0.1) is 0 Å². The fourth-order valence-electron chi connectivity index (χ4n) is 5.50. The molecular formula is C27H39N5O3S. The van der Waals surface area contributed by atoms with Gasteiger partial charge in [0.2, 0.25) is 10.0 Å². The molecule has 1 aliphatic rings. The number of hydrogen-bond acceptors (Lipinski definition) is 4. The van der Waals surface area contributed by atoms with E-state index in [4.69, 9.17) is 5.14 Å². The molecule has 0 aliphatic heterocycles. The second kappa shape index (κ2) is 9.67.